The maximum Gasteiger partial charge on any atom is 0.352 e. The van der Waals surface area contributed by atoms with Gasteiger partial charge in [-0.3, -0.25) is 14.0 Å². The number of nitrogens with one attached hydrogen (secondary N) is 1. The fourth-order valence-corrected chi connectivity index (χ4v) is 6.45. The van der Waals surface area contributed by atoms with Crippen LogP contribution >= 0.6 is 11.3 Å². The Hall–Kier alpha value is -2.56. The van der Waals surface area contributed by atoms with E-state index in [1.165, 1.54) is 16.2 Å². The molecule has 164 valence electrons. The standard InChI is InChI=1S/C21H24N4O5S/c1-9-13(17(21(29)30)25-16(9)14(10(2)26)19(25)28)12-7-24-8-23-15(20(24)31-12)18(27)11-5-3-4-6-22-11/h7-11,14,16,22,26H,3-6H2,1-2H3,(H,29,30)/t9-,10+,11?,14+,16+/m0/s1. The third-order valence-corrected chi connectivity index (χ3v) is 7.85. The molecular weight excluding hydrogens is 420 g/mol. The third-order valence-electron chi connectivity index (χ3n) is 6.71. The quantitative estimate of drug-likeness (QED) is 0.470. The number of carbonyl (C=O) groups is 3. The summed E-state index contributed by atoms with van der Waals surface area (Å²) in [5.74, 6) is -2.43. The summed E-state index contributed by atoms with van der Waals surface area (Å²) < 4.78 is 1.75. The van der Waals surface area contributed by atoms with E-state index in [2.05, 4.69) is 10.3 Å². The number of imidazole rings is 1. The molecular formula is C21H24N4O5S. The van der Waals surface area contributed by atoms with Crippen LogP contribution < -0.4 is 5.32 Å². The Labute approximate surface area is 182 Å². The number of nitrogens with zero attached hydrogens (tertiary/aromatic N) is 3. The molecule has 10 heteroatoms. The monoisotopic (exact) mass is 444 g/mol. The fraction of sp³-hybridized carbons (Fsp3) is 0.524. The highest BCUT2D eigenvalue weighted by Gasteiger charge is 2.60. The van der Waals surface area contributed by atoms with Gasteiger partial charge in [0.15, 0.2) is 0 Å². The Kier molecular flexibility index (Phi) is 4.76. The molecule has 1 amide bonds. The zero-order valence-electron chi connectivity index (χ0n) is 17.2. The molecule has 5 atom stereocenters. The zero-order valence-corrected chi connectivity index (χ0v) is 18.1. The first-order valence-electron chi connectivity index (χ1n) is 10.5. The molecule has 2 saturated heterocycles. The topological polar surface area (TPSA) is 124 Å². The second-order valence-corrected chi connectivity index (χ2v) is 9.62. The first-order chi connectivity index (χ1) is 14.8. The molecule has 0 spiro atoms. The summed E-state index contributed by atoms with van der Waals surface area (Å²) in [5.41, 5.74) is 0.926. The molecule has 0 saturated carbocycles. The number of piperidine rings is 1. The van der Waals surface area contributed by atoms with Crippen LogP contribution in [0, 0.1) is 11.8 Å². The van der Waals surface area contributed by atoms with Crippen LogP contribution in [0.2, 0.25) is 0 Å². The van der Waals surface area contributed by atoms with Gasteiger partial charge in [0.1, 0.15) is 22.5 Å². The summed E-state index contributed by atoms with van der Waals surface area (Å²) in [6, 6.07) is -0.621. The van der Waals surface area contributed by atoms with Crippen LogP contribution in [0.15, 0.2) is 18.2 Å². The molecule has 1 unspecified atom stereocenters. The van der Waals surface area contributed by atoms with E-state index in [1.54, 1.807) is 23.8 Å². The molecule has 0 bridgehead atoms. The van der Waals surface area contributed by atoms with Crippen molar-refractivity contribution in [3.8, 4) is 0 Å². The predicted octanol–water partition coefficient (Wildman–Crippen LogP) is 1.37. The van der Waals surface area contributed by atoms with E-state index in [1.807, 2.05) is 6.92 Å². The number of carboxylic acids is 1. The number of aromatic nitrogens is 2. The fourth-order valence-electron chi connectivity index (χ4n) is 5.23. The van der Waals surface area contributed by atoms with Gasteiger partial charge in [-0.05, 0) is 26.3 Å². The van der Waals surface area contributed by atoms with Crippen LogP contribution in [0.25, 0.3) is 10.4 Å². The molecule has 3 N–H and O–H groups in total. The summed E-state index contributed by atoms with van der Waals surface area (Å²) in [5, 5.41) is 23.2. The molecule has 2 aromatic rings. The summed E-state index contributed by atoms with van der Waals surface area (Å²) in [6.07, 6.45) is 5.34. The number of hydrogen-bond acceptors (Lipinski definition) is 7. The van der Waals surface area contributed by atoms with E-state index < -0.39 is 18.0 Å². The van der Waals surface area contributed by atoms with E-state index >= 15 is 0 Å². The van der Waals surface area contributed by atoms with Crippen LogP contribution in [0.3, 0.4) is 0 Å². The lowest BCUT2D eigenvalue weighted by Gasteiger charge is -2.46. The summed E-state index contributed by atoms with van der Waals surface area (Å²) in [7, 11) is 0. The largest absolute Gasteiger partial charge is 0.477 e. The van der Waals surface area contributed by atoms with Crippen molar-refractivity contribution in [1.82, 2.24) is 19.6 Å². The SMILES string of the molecule is C[C@@H](O)[C@H]1C(=O)N2C(C(=O)O)=C(c3cn4cnc(C(=O)C5CCCCN5)c4s3)[C@H](C)[C@H]12. The van der Waals surface area contributed by atoms with Crippen LogP contribution in [0.1, 0.15) is 48.5 Å². The number of amides is 1. The number of fused-ring (bicyclic) bond motifs is 2. The number of carboxylic acid groups (broad SMARTS) is 1. The lowest BCUT2D eigenvalue weighted by atomic mass is 9.77. The average molecular weight is 445 g/mol. The van der Waals surface area contributed by atoms with E-state index in [9.17, 15) is 24.6 Å². The minimum Gasteiger partial charge on any atom is -0.477 e. The van der Waals surface area contributed by atoms with Crippen molar-refractivity contribution in [3.05, 3.63) is 28.8 Å². The number of ketones is 1. The molecule has 31 heavy (non-hydrogen) atoms. The molecule has 2 fully saturated rings. The van der Waals surface area contributed by atoms with Gasteiger partial charge in [0.05, 0.1) is 29.0 Å². The van der Waals surface area contributed by atoms with E-state index in [0.717, 1.165) is 25.8 Å². The summed E-state index contributed by atoms with van der Waals surface area (Å²) in [6.45, 7) is 4.25. The van der Waals surface area contributed by atoms with Crippen molar-refractivity contribution in [2.45, 2.75) is 51.3 Å². The Morgan fingerprint density at radius 1 is 1.35 bits per heavy atom. The highest BCUT2D eigenvalue weighted by atomic mass is 32.1. The Balaban J connectivity index is 1.55. The van der Waals surface area contributed by atoms with Crippen molar-refractivity contribution in [1.29, 1.82) is 0 Å². The molecule has 3 aliphatic rings. The number of carbonyl (C=O) groups excluding carboxylic acids is 2. The lowest BCUT2D eigenvalue weighted by Crippen LogP contribution is -2.63. The normalized spacial score (nSPS) is 29.3. The van der Waals surface area contributed by atoms with Gasteiger partial charge in [0.2, 0.25) is 11.7 Å². The molecule has 9 nitrogen and oxygen atoms in total. The first kappa shape index (κ1) is 20.3. The highest BCUT2D eigenvalue weighted by Crippen LogP contribution is 2.51. The number of aliphatic hydroxyl groups excluding tert-OH is 1. The maximum absolute atomic E-state index is 13.0. The highest BCUT2D eigenvalue weighted by molar-refractivity contribution is 7.18. The van der Waals surface area contributed by atoms with Crippen LogP contribution in [0.5, 0.6) is 0 Å². The average Bonchev–Trinajstić information content (AvgIpc) is 3.37. The smallest absolute Gasteiger partial charge is 0.352 e. The summed E-state index contributed by atoms with van der Waals surface area (Å²) in [4.78, 5) is 44.6. The van der Waals surface area contributed by atoms with E-state index in [-0.39, 0.29) is 35.4 Å². The van der Waals surface area contributed by atoms with Gasteiger partial charge in [-0.1, -0.05) is 13.3 Å². The van der Waals surface area contributed by atoms with Crippen molar-refractivity contribution < 1.29 is 24.6 Å². The number of rotatable bonds is 5. The van der Waals surface area contributed by atoms with Crippen LogP contribution in [-0.4, -0.2) is 66.9 Å². The molecule has 3 aliphatic heterocycles. The predicted molar refractivity (Wildman–Crippen MR) is 113 cm³/mol. The molecule has 5 heterocycles. The number of hydrogen-bond donors (Lipinski definition) is 3. The molecule has 0 radical (unpaired) electrons. The van der Waals surface area contributed by atoms with Gasteiger partial charge in [0.25, 0.3) is 0 Å². The van der Waals surface area contributed by atoms with E-state index in [0.29, 0.717) is 21.0 Å². The van der Waals surface area contributed by atoms with Gasteiger partial charge in [-0.15, -0.1) is 11.3 Å². The van der Waals surface area contributed by atoms with Crippen molar-refractivity contribution >= 4 is 39.4 Å². The maximum atomic E-state index is 13.0. The number of aliphatic carboxylic acids is 1. The minimum absolute atomic E-state index is 0.0290. The molecule has 0 aliphatic carbocycles. The van der Waals surface area contributed by atoms with Crippen LogP contribution in [-0.2, 0) is 9.59 Å². The Morgan fingerprint density at radius 2 is 2.13 bits per heavy atom. The van der Waals surface area contributed by atoms with Crippen molar-refractivity contribution in [2.24, 2.45) is 11.8 Å². The van der Waals surface area contributed by atoms with Gasteiger partial charge in [-0.2, -0.15) is 0 Å². The van der Waals surface area contributed by atoms with Gasteiger partial charge in [-0.25, -0.2) is 9.78 Å². The lowest BCUT2D eigenvalue weighted by molar-refractivity contribution is -0.163. The minimum atomic E-state index is -1.17. The van der Waals surface area contributed by atoms with Gasteiger partial charge in [0, 0.05) is 17.7 Å². The Morgan fingerprint density at radius 3 is 2.77 bits per heavy atom. The van der Waals surface area contributed by atoms with Crippen molar-refractivity contribution in [2.75, 3.05) is 6.54 Å². The second kappa shape index (κ2) is 7.25. The molecule has 5 rings (SSSR count). The second-order valence-electron chi connectivity index (χ2n) is 8.59. The van der Waals surface area contributed by atoms with Gasteiger partial charge >= 0.3 is 5.97 Å². The number of aliphatic hydroxyl groups is 1. The Bertz CT molecular complexity index is 1130. The first-order valence-corrected chi connectivity index (χ1v) is 11.4. The van der Waals surface area contributed by atoms with Crippen LogP contribution in [0.4, 0.5) is 0 Å². The molecule has 2 aromatic heterocycles. The van der Waals surface area contributed by atoms with Crippen molar-refractivity contribution in [3.63, 3.8) is 0 Å². The third kappa shape index (κ3) is 2.89. The number of β-lactam (4-membered cyclic amide) rings is 1. The van der Waals surface area contributed by atoms with Gasteiger partial charge < -0.3 is 20.4 Å². The summed E-state index contributed by atoms with van der Waals surface area (Å²) >= 11 is 1.32. The van der Waals surface area contributed by atoms with E-state index in [4.69, 9.17) is 0 Å². The number of Topliss-reactive ketones (excluding diaryl/α,β-unsaturated/α-hetero) is 1. The molecule has 0 aromatic carbocycles. The zero-order chi connectivity index (χ0) is 22.0. The number of thiazole rings is 1.